The Hall–Kier alpha value is -1.33. The molecule has 0 saturated heterocycles. The van der Waals surface area contributed by atoms with Crippen LogP contribution in [-0.2, 0) is 13.2 Å². The van der Waals surface area contributed by atoms with Crippen molar-refractivity contribution < 1.29 is 5.11 Å². The highest BCUT2D eigenvalue weighted by molar-refractivity contribution is 9.10. The van der Waals surface area contributed by atoms with Crippen molar-refractivity contribution in [2.45, 2.75) is 13.2 Å². The number of anilines is 1. The number of halogens is 1. The zero-order chi connectivity index (χ0) is 11.5. The second-order valence-corrected chi connectivity index (χ2v) is 4.32. The van der Waals surface area contributed by atoms with Gasteiger partial charge in [0.1, 0.15) is 5.82 Å². The van der Waals surface area contributed by atoms with Gasteiger partial charge in [-0.1, -0.05) is 34.1 Å². The molecule has 0 amide bonds. The number of rotatable bonds is 3. The molecule has 0 aliphatic carbocycles. The maximum Gasteiger partial charge on any atom is 0.127 e. The minimum atomic E-state index is -0.0816. The number of aromatic nitrogens is 2. The Kier molecular flexibility index (Phi) is 3.26. The summed E-state index contributed by atoms with van der Waals surface area (Å²) in [5, 5.41) is 13.1. The van der Waals surface area contributed by atoms with Gasteiger partial charge in [-0.25, -0.2) is 4.68 Å². The lowest BCUT2D eigenvalue weighted by Gasteiger charge is -2.06. The lowest BCUT2D eigenvalue weighted by molar-refractivity contribution is 0.282. The Labute approximate surface area is 102 Å². The highest BCUT2D eigenvalue weighted by Gasteiger charge is 2.07. The average Bonchev–Trinajstić information content (AvgIpc) is 2.63. The van der Waals surface area contributed by atoms with Crippen LogP contribution in [0.1, 0.15) is 11.1 Å². The second kappa shape index (κ2) is 4.67. The fraction of sp³-hybridized carbons (Fsp3) is 0.182. The molecule has 0 spiro atoms. The summed E-state index contributed by atoms with van der Waals surface area (Å²) in [6.45, 7) is 0.509. The Morgan fingerprint density at radius 1 is 1.31 bits per heavy atom. The van der Waals surface area contributed by atoms with Crippen LogP contribution in [0.4, 0.5) is 5.82 Å². The Morgan fingerprint density at radius 2 is 2.06 bits per heavy atom. The van der Waals surface area contributed by atoms with Crippen molar-refractivity contribution in [1.82, 2.24) is 9.78 Å². The summed E-state index contributed by atoms with van der Waals surface area (Å²) in [6, 6.07) is 7.90. The molecule has 2 aromatic rings. The summed E-state index contributed by atoms with van der Waals surface area (Å²) in [6.07, 6.45) is 1.59. The maximum atomic E-state index is 9.01. The highest BCUT2D eigenvalue weighted by atomic mass is 79.9. The highest BCUT2D eigenvalue weighted by Crippen LogP contribution is 2.19. The lowest BCUT2D eigenvalue weighted by Crippen LogP contribution is -2.07. The minimum absolute atomic E-state index is 0.0816. The molecular formula is C11H12BrN3O. The summed E-state index contributed by atoms with van der Waals surface area (Å²) in [5.41, 5.74) is 7.60. The van der Waals surface area contributed by atoms with Gasteiger partial charge < -0.3 is 10.8 Å². The van der Waals surface area contributed by atoms with E-state index in [0.29, 0.717) is 17.9 Å². The molecule has 0 radical (unpaired) electrons. The topological polar surface area (TPSA) is 64.1 Å². The number of benzene rings is 1. The number of nitrogen functional groups attached to an aromatic ring is 1. The van der Waals surface area contributed by atoms with Crippen LogP contribution in [0.2, 0.25) is 0 Å². The fourth-order valence-corrected chi connectivity index (χ4v) is 1.88. The molecule has 16 heavy (non-hydrogen) atoms. The zero-order valence-electron chi connectivity index (χ0n) is 8.60. The number of hydrogen-bond donors (Lipinski definition) is 2. The first kappa shape index (κ1) is 11.2. The first-order chi connectivity index (χ1) is 7.72. The van der Waals surface area contributed by atoms with Gasteiger partial charge in [0.15, 0.2) is 0 Å². The van der Waals surface area contributed by atoms with E-state index < -0.39 is 0 Å². The van der Waals surface area contributed by atoms with Crippen molar-refractivity contribution in [3.63, 3.8) is 0 Å². The van der Waals surface area contributed by atoms with Crippen molar-refractivity contribution in [2.75, 3.05) is 5.73 Å². The molecular weight excluding hydrogens is 270 g/mol. The van der Waals surface area contributed by atoms with Crippen molar-refractivity contribution in [2.24, 2.45) is 0 Å². The largest absolute Gasteiger partial charge is 0.391 e. The molecule has 0 fully saturated rings. The van der Waals surface area contributed by atoms with E-state index >= 15 is 0 Å². The van der Waals surface area contributed by atoms with Gasteiger partial charge in [-0.05, 0) is 11.6 Å². The predicted octanol–water partition coefficient (Wildman–Crippen LogP) is 1.77. The van der Waals surface area contributed by atoms with Crippen LogP contribution in [-0.4, -0.2) is 14.9 Å². The van der Waals surface area contributed by atoms with E-state index in [1.807, 2.05) is 24.3 Å². The normalized spacial score (nSPS) is 10.6. The van der Waals surface area contributed by atoms with E-state index in [1.165, 1.54) is 0 Å². The first-order valence-corrected chi connectivity index (χ1v) is 5.66. The third-order valence-corrected chi connectivity index (χ3v) is 3.18. The molecule has 1 aromatic heterocycles. The van der Waals surface area contributed by atoms with Gasteiger partial charge in [-0.15, -0.1) is 0 Å². The smallest absolute Gasteiger partial charge is 0.127 e. The van der Waals surface area contributed by atoms with Crippen LogP contribution < -0.4 is 5.73 Å². The van der Waals surface area contributed by atoms with Crippen molar-refractivity contribution in [1.29, 1.82) is 0 Å². The standard InChI is InChI=1S/C11H12BrN3O/c12-10-4-2-1-3-8(10)6-15-11(13)9(7-16)5-14-15/h1-5,16H,6-7,13H2. The van der Waals surface area contributed by atoms with Crippen molar-refractivity contribution >= 4 is 21.7 Å². The van der Waals surface area contributed by atoms with Gasteiger partial charge in [0, 0.05) is 10.0 Å². The molecule has 0 bridgehead atoms. The van der Waals surface area contributed by atoms with Crippen molar-refractivity contribution in [3.05, 3.63) is 46.1 Å². The van der Waals surface area contributed by atoms with E-state index in [9.17, 15) is 0 Å². The molecule has 5 heteroatoms. The minimum Gasteiger partial charge on any atom is -0.391 e. The molecule has 1 heterocycles. The molecule has 3 N–H and O–H groups in total. The molecule has 84 valence electrons. The van der Waals surface area contributed by atoms with Crippen LogP contribution >= 0.6 is 15.9 Å². The molecule has 0 aliphatic rings. The van der Waals surface area contributed by atoms with E-state index in [-0.39, 0.29) is 6.61 Å². The van der Waals surface area contributed by atoms with E-state index in [1.54, 1.807) is 10.9 Å². The SMILES string of the molecule is Nc1c(CO)cnn1Cc1ccccc1Br. The molecule has 0 aliphatic heterocycles. The summed E-state index contributed by atoms with van der Waals surface area (Å²) in [4.78, 5) is 0. The van der Waals surface area contributed by atoms with E-state index in [0.717, 1.165) is 10.0 Å². The third kappa shape index (κ3) is 2.10. The summed E-state index contributed by atoms with van der Waals surface area (Å²) >= 11 is 3.47. The van der Waals surface area contributed by atoms with Gasteiger partial charge in [0.2, 0.25) is 0 Å². The van der Waals surface area contributed by atoms with E-state index in [2.05, 4.69) is 21.0 Å². The molecule has 2 rings (SSSR count). The van der Waals surface area contributed by atoms with Crippen LogP contribution in [0, 0.1) is 0 Å². The fourth-order valence-electron chi connectivity index (χ4n) is 1.47. The Balaban J connectivity index is 2.27. The summed E-state index contributed by atoms with van der Waals surface area (Å²) in [5.74, 6) is 0.512. The molecule has 0 unspecified atom stereocenters. The van der Waals surface area contributed by atoms with Gasteiger partial charge >= 0.3 is 0 Å². The predicted molar refractivity (Wildman–Crippen MR) is 65.8 cm³/mol. The Bertz CT molecular complexity index is 496. The molecule has 4 nitrogen and oxygen atoms in total. The van der Waals surface area contributed by atoms with E-state index in [4.69, 9.17) is 10.8 Å². The van der Waals surface area contributed by atoms with Gasteiger partial charge in [0.25, 0.3) is 0 Å². The number of nitrogens with two attached hydrogens (primary N) is 1. The van der Waals surface area contributed by atoms with Gasteiger partial charge in [0.05, 0.1) is 19.3 Å². The first-order valence-electron chi connectivity index (χ1n) is 4.87. The van der Waals surface area contributed by atoms with Gasteiger partial charge in [-0.2, -0.15) is 5.10 Å². The summed E-state index contributed by atoms with van der Waals surface area (Å²) < 4.78 is 2.70. The number of aliphatic hydroxyl groups is 1. The maximum absolute atomic E-state index is 9.01. The third-order valence-electron chi connectivity index (χ3n) is 2.41. The molecule has 1 aromatic carbocycles. The molecule has 0 atom stereocenters. The van der Waals surface area contributed by atoms with Crippen LogP contribution in [0.25, 0.3) is 0 Å². The number of nitrogens with zero attached hydrogens (tertiary/aromatic N) is 2. The van der Waals surface area contributed by atoms with Gasteiger partial charge in [-0.3, -0.25) is 0 Å². The number of hydrogen-bond acceptors (Lipinski definition) is 3. The second-order valence-electron chi connectivity index (χ2n) is 3.46. The monoisotopic (exact) mass is 281 g/mol. The van der Waals surface area contributed by atoms with Crippen LogP contribution in [0.15, 0.2) is 34.9 Å². The molecule has 0 saturated carbocycles. The zero-order valence-corrected chi connectivity index (χ0v) is 10.2. The Morgan fingerprint density at radius 3 is 2.69 bits per heavy atom. The number of aliphatic hydroxyl groups excluding tert-OH is 1. The average molecular weight is 282 g/mol. The quantitative estimate of drug-likeness (QED) is 0.901. The van der Waals surface area contributed by atoms with Crippen LogP contribution in [0.3, 0.4) is 0 Å². The lowest BCUT2D eigenvalue weighted by atomic mass is 10.2. The van der Waals surface area contributed by atoms with Crippen LogP contribution in [0.5, 0.6) is 0 Å². The summed E-state index contributed by atoms with van der Waals surface area (Å²) in [7, 11) is 0. The van der Waals surface area contributed by atoms with Crippen molar-refractivity contribution in [3.8, 4) is 0 Å².